The highest BCUT2D eigenvalue weighted by Crippen LogP contribution is 2.02. The van der Waals surface area contributed by atoms with Crippen LogP contribution < -0.4 is 0 Å². The van der Waals surface area contributed by atoms with Gasteiger partial charge < -0.3 is 0 Å². The Labute approximate surface area is 81.1 Å². The highest BCUT2D eigenvalue weighted by molar-refractivity contribution is 7.86. The van der Waals surface area contributed by atoms with Crippen molar-refractivity contribution in [3.8, 4) is 0 Å². The number of hydrogen-bond donors (Lipinski definition) is 1. The van der Waals surface area contributed by atoms with Crippen LogP contribution in [0.5, 0.6) is 0 Å². The molecular formula is C9H12OS2. The lowest BCUT2D eigenvalue weighted by atomic mass is 10.2. The molecule has 0 spiro atoms. The van der Waals surface area contributed by atoms with Crippen LogP contribution in [0.3, 0.4) is 0 Å². The van der Waals surface area contributed by atoms with Crippen LogP contribution >= 0.6 is 12.6 Å². The topological polar surface area (TPSA) is 17.1 Å². The Morgan fingerprint density at radius 2 is 1.92 bits per heavy atom. The maximum atomic E-state index is 11.3. The van der Waals surface area contributed by atoms with Crippen LogP contribution in [0.4, 0.5) is 0 Å². The van der Waals surface area contributed by atoms with Crippen molar-refractivity contribution in [2.24, 2.45) is 0 Å². The van der Waals surface area contributed by atoms with Gasteiger partial charge in [-0.25, -0.2) is 0 Å². The van der Waals surface area contributed by atoms with Crippen molar-refractivity contribution in [1.29, 1.82) is 0 Å². The molecule has 1 nitrogen and oxygen atoms in total. The highest BCUT2D eigenvalue weighted by atomic mass is 32.2. The Hall–Kier alpha value is -0.280. The van der Waals surface area contributed by atoms with Gasteiger partial charge in [-0.3, -0.25) is 4.21 Å². The first-order valence-electron chi connectivity index (χ1n) is 3.82. The summed E-state index contributed by atoms with van der Waals surface area (Å²) in [6.45, 7) is 0. The van der Waals surface area contributed by atoms with E-state index in [1.165, 1.54) is 0 Å². The van der Waals surface area contributed by atoms with Crippen LogP contribution in [0.15, 0.2) is 30.3 Å². The Morgan fingerprint density at radius 3 is 2.50 bits per heavy atom. The predicted octanol–water partition coefficient (Wildman–Crippen LogP) is 1.87. The standard InChI is InChI=1S/C9H12OS2/c10-12(7-6-11)8-9-4-2-1-3-5-9/h1-5,11H,6-8H2. The third-order valence-electron chi connectivity index (χ3n) is 1.49. The molecular weight excluding hydrogens is 188 g/mol. The van der Waals surface area contributed by atoms with E-state index in [-0.39, 0.29) is 0 Å². The fourth-order valence-corrected chi connectivity index (χ4v) is 2.46. The van der Waals surface area contributed by atoms with Crippen LogP contribution in [0.25, 0.3) is 0 Å². The van der Waals surface area contributed by atoms with Gasteiger partial charge in [-0.2, -0.15) is 12.6 Å². The Kier molecular flexibility index (Phi) is 4.40. The fourth-order valence-electron chi connectivity index (χ4n) is 0.934. The largest absolute Gasteiger partial charge is 0.259 e. The van der Waals surface area contributed by atoms with Gasteiger partial charge in [0.25, 0.3) is 0 Å². The summed E-state index contributed by atoms with van der Waals surface area (Å²) < 4.78 is 11.3. The summed E-state index contributed by atoms with van der Waals surface area (Å²) in [7, 11) is -0.747. The molecule has 12 heavy (non-hydrogen) atoms. The molecule has 0 aliphatic rings. The minimum absolute atomic E-state index is 0.654. The zero-order valence-electron chi connectivity index (χ0n) is 6.77. The van der Waals surface area contributed by atoms with Crippen molar-refractivity contribution in [3.05, 3.63) is 35.9 Å². The van der Waals surface area contributed by atoms with Crippen LogP contribution in [0.1, 0.15) is 5.56 Å². The maximum absolute atomic E-state index is 11.3. The monoisotopic (exact) mass is 200 g/mol. The molecule has 1 rings (SSSR count). The number of hydrogen-bond acceptors (Lipinski definition) is 2. The number of benzene rings is 1. The Balaban J connectivity index is 2.47. The van der Waals surface area contributed by atoms with E-state index in [0.717, 1.165) is 5.56 Å². The smallest absolute Gasteiger partial charge is 0.0485 e. The molecule has 66 valence electrons. The van der Waals surface area contributed by atoms with E-state index in [1.54, 1.807) is 0 Å². The summed E-state index contributed by atoms with van der Waals surface area (Å²) in [4.78, 5) is 0. The molecule has 0 aliphatic carbocycles. The van der Waals surface area contributed by atoms with Crippen molar-refractivity contribution in [3.63, 3.8) is 0 Å². The van der Waals surface area contributed by atoms with E-state index < -0.39 is 10.8 Å². The molecule has 0 radical (unpaired) electrons. The Bertz CT molecular complexity index is 246. The minimum atomic E-state index is -0.747. The molecule has 0 amide bonds. The third kappa shape index (κ3) is 3.41. The van der Waals surface area contributed by atoms with E-state index in [2.05, 4.69) is 12.6 Å². The fraction of sp³-hybridized carbons (Fsp3) is 0.333. The first-order valence-corrected chi connectivity index (χ1v) is 5.94. The molecule has 0 heterocycles. The molecule has 0 fully saturated rings. The molecule has 3 heteroatoms. The lowest BCUT2D eigenvalue weighted by molar-refractivity contribution is 0.683. The Morgan fingerprint density at radius 1 is 1.25 bits per heavy atom. The molecule has 0 bridgehead atoms. The van der Waals surface area contributed by atoms with Gasteiger partial charge in [-0.15, -0.1) is 0 Å². The average Bonchev–Trinajstić information content (AvgIpc) is 2.06. The second-order valence-electron chi connectivity index (χ2n) is 2.50. The van der Waals surface area contributed by atoms with Gasteiger partial charge in [0.2, 0.25) is 0 Å². The molecule has 1 atom stereocenters. The highest BCUT2D eigenvalue weighted by Gasteiger charge is 1.98. The van der Waals surface area contributed by atoms with Crippen molar-refractivity contribution < 1.29 is 4.21 Å². The van der Waals surface area contributed by atoms with Crippen LogP contribution in [0.2, 0.25) is 0 Å². The zero-order chi connectivity index (χ0) is 8.81. The van der Waals surface area contributed by atoms with E-state index in [4.69, 9.17) is 0 Å². The van der Waals surface area contributed by atoms with Gasteiger partial charge in [-0.1, -0.05) is 30.3 Å². The molecule has 0 saturated heterocycles. The second-order valence-corrected chi connectivity index (χ2v) is 4.52. The molecule has 1 aromatic rings. The number of rotatable bonds is 4. The normalized spacial score (nSPS) is 12.8. The molecule has 0 saturated carbocycles. The minimum Gasteiger partial charge on any atom is -0.259 e. The van der Waals surface area contributed by atoms with E-state index in [0.29, 0.717) is 17.3 Å². The first kappa shape index (κ1) is 9.81. The third-order valence-corrected chi connectivity index (χ3v) is 3.33. The molecule has 0 aromatic heterocycles. The summed E-state index contributed by atoms with van der Waals surface area (Å²) in [6.07, 6.45) is 0. The predicted molar refractivity (Wildman–Crippen MR) is 57.0 cm³/mol. The summed E-state index contributed by atoms with van der Waals surface area (Å²) in [6, 6.07) is 9.89. The van der Waals surface area contributed by atoms with Crippen molar-refractivity contribution in [1.82, 2.24) is 0 Å². The van der Waals surface area contributed by atoms with Gasteiger partial charge in [0.1, 0.15) is 0 Å². The molecule has 1 aromatic carbocycles. The molecule has 1 unspecified atom stereocenters. The summed E-state index contributed by atoms with van der Waals surface area (Å²) in [5, 5.41) is 0. The van der Waals surface area contributed by atoms with Gasteiger partial charge in [-0.05, 0) is 5.56 Å². The van der Waals surface area contributed by atoms with Crippen LogP contribution in [0, 0.1) is 0 Å². The zero-order valence-corrected chi connectivity index (χ0v) is 8.48. The first-order chi connectivity index (χ1) is 5.83. The van der Waals surface area contributed by atoms with Gasteiger partial charge >= 0.3 is 0 Å². The average molecular weight is 200 g/mol. The molecule has 0 aliphatic heterocycles. The lowest BCUT2D eigenvalue weighted by Crippen LogP contribution is -2.01. The van der Waals surface area contributed by atoms with Crippen LogP contribution in [-0.4, -0.2) is 15.7 Å². The molecule has 0 N–H and O–H groups in total. The summed E-state index contributed by atoms with van der Waals surface area (Å²) in [5.74, 6) is 2.03. The maximum Gasteiger partial charge on any atom is 0.0485 e. The van der Waals surface area contributed by atoms with Crippen molar-refractivity contribution in [2.75, 3.05) is 11.5 Å². The summed E-state index contributed by atoms with van der Waals surface area (Å²) >= 11 is 4.03. The van der Waals surface area contributed by atoms with E-state index in [1.807, 2.05) is 30.3 Å². The SMILES string of the molecule is O=S(CCS)Cc1ccccc1. The van der Waals surface area contributed by atoms with Gasteiger partial charge in [0.15, 0.2) is 0 Å². The summed E-state index contributed by atoms with van der Waals surface area (Å²) in [5.41, 5.74) is 1.14. The van der Waals surface area contributed by atoms with E-state index >= 15 is 0 Å². The van der Waals surface area contributed by atoms with Crippen molar-refractivity contribution >= 4 is 23.4 Å². The second kappa shape index (κ2) is 5.38. The number of thiol groups is 1. The van der Waals surface area contributed by atoms with Gasteiger partial charge in [0.05, 0.1) is 0 Å². The quantitative estimate of drug-likeness (QED) is 0.734. The van der Waals surface area contributed by atoms with Crippen molar-refractivity contribution in [2.45, 2.75) is 5.75 Å². The van der Waals surface area contributed by atoms with Crippen LogP contribution in [-0.2, 0) is 16.6 Å². The van der Waals surface area contributed by atoms with Gasteiger partial charge in [0, 0.05) is 28.1 Å². The van der Waals surface area contributed by atoms with E-state index in [9.17, 15) is 4.21 Å². The lowest BCUT2D eigenvalue weighted by Gasteiger charge is -1.99.